The third-order valence-electron chi connectivity index (χ3n) is 3.44. The number of nitrogens with one attached hydrogen (secondary N) is 2. The lowest BCUT2D eigenvalue weighted by atomic mass is 10.2. The summed E-state index contributed by atoms with van der Waals surface area (Å²) in [4.78, 5) is 2.48. The van der Waals surface area contributed by atoms with E-state index in [0.717, 1.165) is 51.6 Å². The fourth-order valence-electron chi connectivity index (χ4n) is 2.33. The Balaban J connectivity index is 1.69. The molecular formula is C15H24ClN3O. The Bertz CT molecular complexity index is 408. The van der Waals surface area contributed by atoms with E-state index in [-0.39, 0.29) is 0 Å². The summed E-state index contributed by atoms with van der Waals surface area (Å²) in [5.74, 6) is 0.763. The van der Waals surface area contributed by atoms with Crippen LogP contribution >= 0.6 is 11.6 Å². The molecule has 2 N–H and O–H groups in total. The third kappa shape index (κ3) is 4.94. The van der Waals surface area contributed by atoms with Gasteiger partial charge in [-0.15, -0.1) is 0 Å². The Kier molecular flexibility index (Phi) is 6.60. The second-order valence-electron chi connectivity index (χ2n) is 4.97. The molecule has 2 rings (SSSR count). The first kappa shape index (κ1) is 15.6. The molecule has 0 amide bonds. The lowest BCUT2D eigenvalue weighted by molar-refractivity contribution is 0.241. The van der Waals surface area contributed by atoms with Gasteiger partial charge in [-0.2, -0.15) is 0 Å². The zero-order valence-corrected chi connectivity index (χ0v) is 12.9. The van der Waals surface area contributed by atoms with Crippen LogP contribution in [0.4, 0.5) is 0 Å². The molecule has 0 saturated carbocycles. The summed E-state index contributed by atoms with van der Waals surface area (Å²) in [5.41, 5.74) is 1.19. The minimum atomic E-state index is 0.641. The van der Waals surface area contributed by atoms with Crippen LogP contribution in [-0.4, -0.2) is 50.8 Å². The van der Waals surface area contributed by atoms with E-state index in [0.29, 0.717) is 11.6 Å². The van der Waals surface area contributed by atoms with Crippen LogP contribution in [0, 0.1) is 0 Å². The number of hydrogen-bond donors (Lipinski definition) is 2. The van der Waals surface area contributed by atoms with Crippen LogP contribution in [-0.2, 0) is 6.54 Å². The van der Waals surface area contributed by atoms with Crippen molar-refractivity contribution in [2.45, 2.75) is 13.5 Å². The highest BCUT2D eigenvalue weighted by Gasteiger charge is 2.08. The predicted octanol–water partition coefficient (Wildman–Crippen LogP) is 1.73. The fraction of sp³-hybridized carbons (Fsp3) is 0.600. The standard InChI is InChI=1S/C15H24ClN3O/c1-2-20-15-4-3-13(11-14(15)16)12-18-7-10-19-8-5-17-6-9-19/h3-4,11,17-18H,2,5-10,12H2,1H3. The third-order valence-corrected chi connectivity index (χ3v) is 3.74. The summed E-state index contributed by atoms with van der Waals surface area (Å²) in [5, 5.41) is 7.52. The number of rotatable bonds is 7. The molecule has 0 unspecified atom stereocenters. The normalized spacial score (nSPS) is 16.3. The van der Waals surface area contributed by atoms with Gasteiger partial charge in [0.1, 0.15) is 5.75 Å². The van der Waals surface area contributed by atoms with E-state index in [1.807, 2.05) is 19.1 Å². The Hall–Kier alpha value is -0.810. The minimum absolute atomic E-state index is 0.641. The SMILES string of the molecule is CCOc1ccc(CNCCN2CCNCC2)cc1Cl. The van der Waals surface area contributed by atoms with Crippen molar-refractivity contribution in [1.29, 1.82) is 0 Å². The van der Waals surface area contributed by atoms with E-state index in [1.54, 1.807) is 0 Å². The van der Waals surface area contributed by atoms with Crippen LogP contribution in [0.2, 0.25) is 5.02 Å². The van der Waals surface area contributed by atoms with Crippen LogP contribution < -0.4 is 15.4 Å². The van der Waals surface area contributed by atoms with Gasteiger partial charge in [-0.05, 0) is 24.6 Å². The van der Waals surface area contributed by atoms with Crippen molar-refractivity contribution in [1.82, 2.24) is 15.5 Å². The maximum atomic E-state index is 6.17. The Labute approximate surface area is 126 Å². The molecule has 4 nitrogen and oxygen atoms in total. The molecule has 0 atom stereocenters. The van der Waals surface area contributed by atoms with Gasteiger partial charge in [0.2, 0.25) is 0 Å². The van der Waals surface area contributed by atoms with Crippen molar-refractivity contribution in [2.75, 3.05) is 45.9 Å². The molecule has 0 aromatic heterocycles. The molecule has 1 aromatic carbocycles. The smallest absolute Gasteiger partial charge is 0.137 e. The van der Waals surface area contributed by atoms with Crippen molar-refractivity contribution < 1.29 is 4.74 Å². The summed E-state index contributed by atoms with van der Waals surface area (Å²) in [7, 11) is 0. The van der Waals surface area contributed by atoms with E-state index < -0.39 is 0 Å². The quantitative estimate of drug-likeness (QED) is 0.752. The summed E-state index contributed by atoms with van der Waals surface area (Å²) >= 11 is 6.17. The molecule has 1 fully saturated rings. The molecule has 1 aromatic rings. The van der Waals surface area contributed by atoms with Gasteiger partial charge >= 0.3 is 0 Å². The van der Waals surface area contributed by atoms with E-state index >= 15 is 0 Å². The van der Waals surface area contributed by atoms with Crippen molar-refractivity contribution in [2.24, 2.45) is 0 Å². The highest BCUT2D eigenvalue weighted by atomic mass is 35.5. The van der Waals surface area contributed by atoms with E-state index in [4.69, 9.17) is 16.3 Å². The van der Waals surface area contributed by atoms with Gasteiger partial charge in [0.25, 0.3) is 0 Å². The Morgan fingerprint density at radius 1 is 1.35 bits per heavy atom. The number of ether oxygens (including phenoxy) is 1. The van der Waals surface area contributed by atoms with Gasteiger partial charge < -0.3 is 15.4 Å². The minimum Gasteiger partial charge on any atom is -0.492 e. The molecule has 5 heteroatoms. The van der Waals surface area contributed by atoms with Gasteiger partial charge in [0.15, 0.2) is 0 Å². The van der Waals surface area contributed by atoms with Gasteiger partial charge in [0, 0.05) is 45.8 Å². The van der Waals surface area contributed by atoms with Crippen LogP contribution in [0.15, 0.2) is 18.2 Å². The molecule has 20 heavy (non-hydrogen) atoms. The van der Waals surface area contributed by atoms with Crippen LogP contribution in [0.1, 0.15) is 12.5 Å². The van der Waals surface area contributed by atoms with Crippen LogP contribution in [0.5, 0.6) is 5.75 Å². The van der Waals surface area contributed by atoms with Crippen molar-refractivity contribution in [3.63, 3.8) is 0 Å². The zero-order chi connectivity index (χ0) is 14.2. The lowest BCUT2D eigenvalue weighted by Crippen LogP contribution is -2.45. The molecule has 1 aliphatic heterocycles. The monoisotopic (exact) mass is 297 g/mol. The van der Waals surface area contributed by atoms with Gasteiger partial charge in [-0.25, -0.2) is 0 Å². The van der Waals surface area contributed by atoms with Crippen LogP contribution in [0.3, 0.4) is 0 Å². The van der Waals surface area contributed by atoms with E-state index in [2.05, 4.69) is 21.6 Å². The molecule has 1 heterocycles. The molecule has 0 bridgehead atoms. The van der Waals surface area contributed by atoms with Gasteiger partial charge in [-0.1, -0.05) is 17.7 Å². The van der Waals surface area contributed by atoms with Crippen molar-refractivity contribution >= 4 is 11.6 Å². The summed E-state index contributed by atoms with van der Waals surface area (Å²) in [6.07, 6.45) is 0. The average Bonchev–Trinajstić information content (AvgIpc) is 2.48. The summed E-state index contributed by atoms with van der Waals surface area (Å²) < 4.78 is 5.43. The Morgan fingerprint density at radius 2 is 2.15 bits per heavy atom. The molecular weight excluding hydrogens is 274 g/mol. The maximum Gasteiger partial charge on any atom is 0.137 e. The zero-order valence-electron chi connectivity index (χ0n) is 12.1. The molecule has 112 valence electrons. The predicted molar refractivity (Wildman–Crippen MR) is 83.6 cm³/mol. The first-order valence-corrected chi connectivity index (χ1v) is 7.72. The number of piperazine rings is 1. The first-order chi connectivity index (χ1) is 9.79. The molecule has 1 aliphatic rings. The van der Waals surface area contributed by atoms with E-state index in [9.17, 15) is 0 Å². The molecule has 0 aliphatic carbocycles. The number of nitrogens with zero attached hydrogens (tertiary/aromatic N) is 1. The second-order valence-corrected chi connectivity index (χ2v) is 5.37. The topological polar surface area (TPSA) is 36.5 Å². The molecule has 0 spiro atoms. The van der Waals surface area contributed by atoms with Gasteiger partial charge in [-0.3, -0.25) is 4.90 Å². The highest BCUT2D eigenvalue weighted by Crippen LogP contribution is 2.25. The van der Waals surface area contributed by atoms with Crippen LogP contribution in [0.25, 0.3) is 0 Å². The maximum absolute atomic E-state index is 6.17. The number of hydrogen-bond acceptors (Lipinski definition) is 4. The molecule has 1 saturated heterocycles. The summed E-state index contributed by atoms with van der Waals surface area (Å²) in [6.45, 7) is 10.1. The largest absolute Gasteiger partial charge is 0.492 e. The highest BCUT2D eigenvalue weighted by molar-refractivity contribution is 6.32. The van der Waals surface area contributed by atoms with Crippen molar-refractivity contribution in [3.8, 4) is 5.75 Å². The molecule has 0 radical (unpaired) electrons. The first-order valence-electron chi connectivity index (χ1n) is 7.34. The second kappa shape index (κ2) is 8.47. The van der Waals surface area contributed by atoms with Crippen molar-refractivity contribution in [3.05, 3.63) is 28.8 Å². The van der Waals surface area contributed by atoms with E-state index in [1.165, 1.54) is 5.56 Å². The number of halogens is 1. The lowest BCUT2D eigenvalue weighted by Gasteiger charge is -2.27. The summed E-state index contributed by atoms with van der Waals surface area (Å²) in [6, 6.07) is 5.98. The Morgan fingerprint density at radius 3 is 2.85 bits per heavy atom. The number of benzene rings is 1. The average molecular weight is 298 g/mol. The fourth-order valence-corrected chi connectivity index (χ4v) is 2.59. The van der Waals surface area contributed by atoms with Gasteiger partial charge in [0.05, 0.1) is 11.6 Å².